The molecule has 2 N–H and O–H groups in total. The van der Waals surface area contributed by atoms with Crippen molar-refractivity contribution in [3.63, 3.8) is 0 Å². The van der Waals surface area contributed by atoms with E-state index in [1.165, 1.54) is 12.8 Å². The van der Waals surface area contributed by atoms with Crippen LogP contribution >= 0.6 is 0 Å². The second kappa shape index (κ2) is 9.19. The van der Waals surface area contributed by atoms with Crippen LogP contribution in [0.5, 0.6) is 0 Å². The number of nitrogens with zero attached hydrogens (tertiary/aromatic N) is 2. The third-order valence-electron chi connectivity index (χ3n) is 3.64. The molecule has 1 amide bonds. The number of hydrogen-bond acceptors (Lipinski definition) is 4. The van der Waals surface area contributed by atoms with E-state index >= 15 is 0 Å². The molecule has 7 nitrogen and oxygen atoms in total. The zero-order chi connectivity index (χ0) is 16.5. The number of rotatable bonds is 9. The van der Waals surface area contributed by atoms with Crippen LogP contribution in [0.4, 0.5) is 0 Å². The average Bonchev–Trinajstić information content (AvgIpc) is 3.23. The molecule has 0 bridgehead atoms. The molecule has 0 aromatic carbocycles. The largest absolute Gasteiger partial charge is 0.467 e. The van der Waals surface area contributed by atoms with Gasteiger partial charge in [0.2, 0.25) is 5.91 Å². The quantitative estimate of drug-likeness (QED) is 0.400. The van der Waals surface area contributed by atoms with E-state index in [0.29, 0.717) is 19.1 Å². The molecule has 0 atom stereocenters. The Hall–Kier alpha value is -2.02. The second-order valence-corrected chi connectivity index (χ2v) is 5.70. The molecule has 0 radical (unpaired) electrons. The van der Waals surface area contributed by atoms with Gasteiger partial charge < -0.3 is 24.7 Å². The molecule has 0 spiro atoms. The first-order valence-electron chi connectivity index (χ1n) is 7.97. The fourth-order valence-corrected chi connectivity index (χ4v) is 2.05. The second-order valence-electron chi connectivity index (χ2n) is 5.70. The van der Waals surface area contributed by atoms with Gasteiger partial charge in [0.25, 0.3) is 0 Å². The molecule has 0 aliphatic heterocycles. The fraction of sp³-hybridized carbons (Fsp3) is 0.625. The number of nitrogens with one attached hydrogen (secondary N) is 2. The van der Waals surface area contributed by atoms with Crippen LogP contribution in [0, 0.1) is 5.92 Å². The van der Waals surface area contributed by atoms with Gasteiger partial charge >= 0.3 is 0 Å². The summed E-state index contributed by atoms with van der Waals surface area (Å²) in [5.74, 6) is 2.07. The molecule has 1 aliphatic carbocycles. The summed E-state index contributed by atoms with van der Waals surface area (Å²) in [5.41, 5.74) is 0. The molecular formula is C16H26N4O3. The first-order chi connectivity index (χ1) is 11.2. The van der Waals surface area contributed by atoms with E-state index in [-0.39, 0.29) is 12.5 Å². The van der Waals surface area contributed by atoms with Crippen molar-refractivity contribution in [1.82, 2.24) is 15.5 Å². The normalized spacial score (nSPS) is 14.6. The van der Waals surface area contributed by atoms with E-state index in [1.807, 2.05) is 18.0 Å². The Morgan fingerprint density at radius 2 is 2.30 bits per heavy atom. The van der Waals surface area contributed by atoms with Crippen molar-refractivity contribution >= 4 is 11.9 Å². The summed E-state index contributed by atoms with van der Waals surface area (Å²) in [6.45, 7) is 2.81. The Morgan fingerprint density at radius 1 is 1.48 bits per heavy atom. The highest BCUT2D eigenvalue weighted by molar-refractivity contribution is 5.86. The van der Waals surface area contributed by atoms with Crippen LogP contribution < -0.4 is 10.6 Å². The number of guanidine groups is 1. The summed E-state index contributed by atoms with van der Waals surface area (Å²) in [5, 5.41) is 5.82. The lowest BCUT2D eigenvalue weighted by atomic mass is 10.4. The molecule has 128 valence electrons. The maximum absolute atomic E-state index is 11.8. The minimum atomic E-state index is -0.110. The Morgan fingerprint density at radius 3 is 2.96 bits per heavy atom. The molecule has 1 heterocycles. The molecule has 1 aromatic heterocycles. The summed E-state index contributed by atoms with van der Waals surface area (Å²) >= 11 is 0. The van der Waals surface area contributed by atoms with Crippen molar-refractivity contribution < 1.29 is 13.9 Å². The Labute approximate surface area is 137 Å². The van der Waals surface area contributed by atoms with Gasteiger partial charge in [-0.15, -0.1) is 0 Å². The first-order valence-corrected chi connectivity index (χ1v) is 7.97. The monoisotopic (exact) mass is 322 g/mol. The molecule has 23 heavy (non-hydrogen) atoms. The molecule has 7 heteroatoms. The standard InChI is InChI=1S/C16H26N4O3/c1-17-16(20(2)7-9-22-12-13-5-6-13)19-11-15(21)18-10-14-4-3-8-23-14/h3-4,8,13H,5-7,9-12H2,1-2H3,(H,17,19)(H,18,21). The maximum atomic E-state index is 11.8. The number of furan rings is 1. The van der Waals surface area contributed by atoms with Crippen molar-refractivity contribution in [3.05, 3.63) is 24.2 Å². The molecule has 1 aliphatic rings. The molecular weight excluding hydrogens is 296 g/mol. The lowest BCUT2D eigenvalue weighted by Gasteiger charge is -2.21. The van der Waals surface area contributed by atoms with Gasteiger partial charge in [-0.2, -0.15) is 0 Å². The highest BCUT2D eigenvalue weighted by Gasteiger charge is 2.21. The number of aliphatic imine (C=N–C) groups is 1. The summed E-state index contributed by atoms with van der Waals surface area (Å²) in [7, 11) is 3.63. The Kier molecular flexibility index (Phi) is 6.93. The van der Waals surface area contributed by atoms with Gasteiger partial charge in [-0.05, 0) is 30.9 Å². The van der Waals surface area contributed by atoms with E-state index in [2.05, 4.69) is 15.6 Å². The van der Waals surface area contributed by atoms with Gasteiger partial charge in [0.1, 0.15) is 5.76 Å². The van der Waals surface area contributed by atoms with E-state index in [4.69, 9.17) is 9.15 Å². The molecule has 2 rings (SSSR count). The van der Waals surface area contributed by atoms with E-state index < -0.39 is 0 Å². The van der Waals surface area contributed by atoms with Crippen LogP contribution in [0.15, 0.2) is 27.8 Å². The van der Waals surface area contributed by atoms with Crippen molar-refractivity contribution in [1.29, 1.82) is 0 Å². The first kappa shape index (κ1) is 17.3. The van der Waals surface area contributed by atoms with Crippen molar-refractivity contribution in [2.24, 2.45) is 10.9 Å². The van der Waals surface area contributed by atoms with Gasteiger partial charge in [-0.3, -0.25) is 9.79 Å². The smallest absolute Gasteiger partial charge is 0.239 e. The van der Waals surface area contributed by atoms with E-state index in [1.54, 1.807) is 19.4 Å². The number of ether oxygens (including phenoxy) is 1. The molecule has 1 aromatic rings. The number of likely N-dealkylation sites (N-methyl/N-ethyl adjacent to an activating group) is 1. The zero-order valence-corrected chi connectivity index (χ0v) is 13.9. The van der Waals surface area contributed by atoms with Crippen LogP contribution in [-0.4, -0.2) is 57.2 Å². The van der Waals surface area contributed by atoms with E-state index in [0.717, 1.165) is 24.8 Å². The topological polar surface area (TPSA) is 79.1 Å². The molecule has 1 saturated carbocycles. The third kappa shape index (κ3) is 6.73. The highest BCUT2D eigenvalue weighted by atomic mass is 16.5. The Bertz CT molecular complexity index is 497. The summed E-state index contributed by atoms with van der Waals surface area (Å²) < 4.78 is 10.8. The van der Waals surface area contributed by atoms with Crippen molar-refractivity contribution in [2.45, 2.75) is 19.4 Å². The minimum Gasteiger partial charge on any atom is -0.467 e. The lowest BCUT2D eigenvalue weighted by Crippen LogP contribution is -2.44. The zero-order valence-electron chi connectivity index (χ0n) is 13.9. The van der Waals surface area contributed by atoms with Crippen LogP contribution in [0.25, 0.3) is 0 Å². The van der Waals surface area contributed by atoms with Gasteiger partial charge in [-0.1, -0.05) is 0 Å². The van der Waals surface area contributed by atoms with Crippen molar-refractivity contribution in [3.8, 4) is 0 Å². The summed E-state index contributed by atoms with van der Waals surface area (Å²) in [6.07, 6.45) is 4.18. The van der Waals surface area contributed by atoms with Gasteiger partial charge in [0.15, 0.2) is 5.96 Å². The predicted molar refractivity (Wildman–Crippen MR) is 88.1 cm³/mol. The minimum absolute atomic E-state index is 0.110. The van der Waals surface area contributed by atoms with E-state index in [9.17, 15) is 4.79 Å². The van der Waals surface area contributed by atoms with Crippen LogP contribution in [0.2, 0.25) is 0 Å². The lowest BCUT2D eigenvalue weighted by molar-refractivity contribution is -0.120. The van der Waals surface area contributed by atoms with Crippen LogP contribution in [-0.2, 0) is 16.1 Å². The predicted octanol–water partition coefficient (Wildman–Crippen LogP) is 0.830. The average molecular weight is 322 g/mol. The van der Waals surface area contributed by atoms with Crippen LogP contribution in [0.1, 0.15) is 18.6 Å². The number of carbonyl (C=O) groups is 1. The molecule has 0 unspecified atom stereocenters. The third-order valence-corrected chi connectivity index (χ3v) is 3.64. The van der Waals surface area contributed by atoms with Gasteiger partial charge in [0.05, 0.1) is 26.0 Å². The van der Waals surface area contributed by atoms with Crippen LogP contribution in [0.3, 0.4) is 0 Å². The number of carbonyl (C=O) groups excluding carboxylic acids is 1. The Balaban J connectivity index is 1.59. The van der Waals surface area contributed by atoms with Gasteiger partial charge in [-0.25, -0.2) is 0 Å². The van der Waals surface area contributed by atoms with Gasteiger partial charge in [0, 0.05) is 27.2 Å². The summed E-state index contributed by atoms with van der Waals surface area (Å²) in [4.78, 5) is 17.9. The fourth-order valence-electron chi connectivity index (χ4n) is 2.05. The summed E-state index contributed by atoms with van der Waals surface area (Å²) in [6, 6.07) is 3.61. The molecule has 1 fully saturated rings. The number of amides is 1. The maximum Gasteiger partial charge on any atom is 0.239 e. The molecule has 0 saturated heterocycles. The SMILES string of the molecule is CN=C(NCC(=O)NCc1ccco1)N(C)CCOCC1CC1. The number of hydrogen-bond donors (Lipinski definition) is 2. The van der Waals surface area contributed by atoms with Crippen molar-refractivity contribution in [2.75, 3.05) is 40.4 Å². The highest BCUT2D eigenvalue weighted by Crippen LogP contribution is 2.28.